The van der Waals surface area contributed by atoms with Gasteiger partial charge in [-0.1, -0.05) is 11.6 Å². The molecule has 0 aromatic carbocycles. The monoisotopic (exact) mass is 216 g/mol. The van der Waals surface area contributed by atoms with Crippen LogP contribution in [0.5, 0.6) is 0 Å². The number of hydrogen-bond donors (Lipinski definition) is 0. The molecular weight excluding hydrogens is 211 g/mol. The molecule has 0 N–H and O–H groups in total. The molecule has 0 fully saturated rings. The van der Waals surface area contributed by atoms with Gasteiger partial charge in [0.05, 0.1) is 6.20 Å². The van der Waals surface area contributed by atoms with Gasteiger partial charge in [0.15, 0.2) is 5.15 Å². The SMILES string of the molecule is CCn1cc2nc(Cl)nc(Cl)c2n1. The van der Waals surface area contributed by atoms with E-state index >= 15 is 0 Å². The molecular formula is C7H6Cl2N4. The van der Waals surface area contributed by atoms with Gasteiger partial charge < -0.3 is 0 Å². The van der Waals surface area contributed by atoms with E-state index in [-0.39, 0.29) is 5.28 Å². The summed E-state index contributed by atoms with van der Waals surface area (Å²) >= 11 is 11.5. The minimum atomic E-state index is 0.146. The fraction of sp³-hybridized carbons (Fsp3) is 0.286. The lowest BCUT2D eigenvalue weighted by atomic mass is 10.5. The van der Waals surface area contributed by atoms with E-state index in [9.17, 15) is 0 Å². The van der Waals surface area contributed by atoms with Gasteiger partial charge in [0.1, 0.15) is 11.0 Å². The molecule has 0 aliphatic heterocycles. The second-order valence-electron chi connectivity index (χ2n) is 2.50. The molecule has 0 aliphatic rings. The minimum Gasteiger partial charge on any atom is -0.270 e. The molecule has 0 saturated heterocycles. The van der Waals surface area contributed by atoms with E-state index in [4.69, 9.17) is 23.2 Å². The van der Waals surface area contributed by atoms with Crippen molar-refractivity contribution >= 4 is 34.2 Å². The van der Waals surface area contributed by atoms with Crippen molar-refractivity contribution in [3.05, 3.63) is 16.6 Å². The zero-order chi connectivity index (χ0) is 9.42. The molecule has 0 atom stereocenters. The molecule has 2 aromatic heterocycles. The van der Waals surface area contributed by atoms with E-state index in [1.807, 2.05) is 6.92 Å². The molecule has 0 amide bonds. The van der Waals surface area contributed by atoms with E-state index in [1.165, 1.54) is 0 Å². The summed E-state index contributed by atoms with van der Waals surface area (Å²) in [5, 5.41) is 4.61. The standard InChI is InChI=1S/C7H6Cl2N4/c1-2-13-3-4-5(12-13)6(8)11-7(9)10-4/h3H,2H2,1H3. The molecule has 0 bridgehead atoms. The highest BCUT2D eigenvalue weighted by atomic mass is 35.5. The summed E-state index contributed by atoms with van der Waals surface area (Å²) in [7, 11) is 0. The number of hydrogen-bond acceptors (Lipinski definition) is 3. The molecule has 2 rings (SSSR count). The molecule has 68 valence electrons. The van der Waals surface area contributed by atoms with Crippen molar-refractivity contribution in [1.82, 2.24) is 19.7 Å². The smallest absolute Gasteiger partial charge is 0.224 e. The van der Waals surface area contributed by atoms with Gasteiger partial charge in [0.25, 0.3) is 0 Å². The maximum atomic E-state index is 5.82. The van der Waals surface area contributed by atoms with Crippen LogP contribution in [-0.4, -0.2) is 19.7 Å². The normalized spacial score (nSPS) is 11.0. The molecule has 0 aliphatic carbocycles. The highest BCUT2D eigenvalue weighted by Crippen LogP contribution is 2.19. The summed E-state index contributed by atoms with van der Waals surface area (Å²) in [6, 6.07) is 0. The predicted octanol–water partition coefficient (Wildman–Crippen LogP) is 2.15. The van der Waals surface area contributed by atoms with E-state index < -0.39 is 0 Å². The minimum absolute atomic E-state index is 0.146. The van der Waals surface area contributed by atoms with Crippen LogP contribution in [0.3, 0.4) is 0 Å². The van der Waals surface area contributed by atoms with Crippen LogP contribution in [0, 0.1) is 0 Å². The van der Waals surface area contributed by atoms with Gasteiger partial charge in [-0.2, -0.15) is 5.10 Å². The van der Waals surface area contributed by atoms with Crippen LogP contribution in [0.1, 0.15) is 6.92 Å². The molecule has 13 heavy (non-hydrogen) atoms. The fourth-order valence-electron chi connectivity index (χ4n) is 1.06. The van der Waals surface area contributed by atoms with Crippen LogP contribution in [0.4, 0.5) is 0 Å². The molecule has 0 radical (unpaired) electrons. The Morgan fingerprint density at radius 2 is 2.15 bits per heavy atom. The molecule has 0 unspecified atom stereocenters. The number of aryl methyl sites for hydroxylation is 1. The maximum absolute atomic E-state index is 5.82. The van der Waals surface area contributed by atoms with Crippen molar-refractivity contribution in [2.24, 2.45) is 0 Å². The van der Waals surface area contributed by atoms with Crippen molar-refractivity contribution < 1.29 is 0 Å². The Kier molecular flexibility index (Phi) is 2.09. The average Bonchev–Trinajstić information content (AvgIpc) is 2.47. The van der Waals surface area contributed by atoms with E-state index in [1.54, 1.807) is 10.9 Å². The first-order valence-corrected chi connectivity index (χ1v) is 4.52. The summed E-state index contributed by atoms with van der Waals surface area (Å²) in [5.74, 6) is 0. The van der Waals surface area contributed by atoms with Crippen LogP contribution in [0.2, 0.25) is 10.4 Å². The second kappa shape index (κ2) is 3.12. The van der Waals surface area contributed by atoms with Crippen LogP contribution in [-0.2, 0) is 6.54 Å². The average molecular weight is 217 g/mol. The van der Waals surface area contributed by atoms with Crippen LogP contribution < -0.4 is 0 Å². The van der Waals surface area contributed by atoms with E-state index in [0.29, 0.717) is 16.2 Å². The first kappa shape index (κ1) is 8.72. The lowest BCUT2D eigenvalue weighted by Crippen LogP contribution is -1.92. The summed E-state index contributed by atoms with van der Waals surface area (Å²) in [6.45, 7) is 2.75. The number of fused-ring (bicyclic) bond motifs is 1. The lowest BCUT2D eigenvalue weighted by Gasteiger charge is -1.90. The van der Waals surface area contributed by atoms with Crippen LogP contribution in [0.25, 0.3) is 11.0 Å². The van der Waals surface area contributed by atoms with E-state index in [0.717, 1.165) is 6.54 Å². The zero-order valence-corrected chi connectivity index (χ0v) is 8.34. The molecule has 2 heterocycles. The summed E-state index contributed by atoms with van der Waals surface area (Å²) in [4.78, 5) is 7.78. The van der Waals surface area contributed by atoms with Gasteiger partial charge >= 0.3 is 0 Å². The fourth-order valence-corrected chi connectivity index (χ4v) is 1.49. The third-order valence-electron chi connectivity index (χ3n) is 1.66. The van der Waals surface area contributed by atoms with Gasteiger partial charge in [-0.25, -0.2) is 9.97 Å². The number of rotatable bonds is 1. The largest absolute Gasteiger partial charge is 0.270 e. The predicted molar refractivity (Wildman–Crippen MR) is 51.0 cm³/mol. The van der Waals surface area contributed by atoms with Crippen molar-refractivity contribution in [3.8, 4) is 0 Å². The maximum Gasteiger partial charge on any atom is 0.224 e. The van der Waals surface area contributed by atoms with Gasteiger partial charge in [0.2, 0.25) is 5.28 Å². The topological polar surface area (TPSA) is 43.6 Å². The van der Waals surface area contributed by atoms with Crippen molar-refractivity contribution in [2.75, 3.05) is 0 Å². The van der Waals surface area contributed by atoms with Crippen LogP contribution in [0.15, 0.2) is 6.20 Å². The third-order valence-corrected chi connectivity index (χ3v) is 2.10. The Balaban J connectivity index is 2.75. The van der Waals surface area contributed by atoms with Crippen molar-refractivity contribution in [1.29, 1.82) is 0 Å². The highest BCUT2D eigenvalue weighted by molar-refractivity contribution is 6.35. The highest BCUT2D eigenvalue weighted by Gasteiger charge is 2.08. The summed E-state index contributed by atoms with van der Waals surface area (Å²) in [6.07, 6.45) is 1.79. The van der Waals surface area contributed by atoms with E-state index in [2.05, 4.69) is 15.1 Å². The first-order valence-electron chi connectivity index (χ1n) is 3.77. The molecule has 0 saturated carbocycles. The first-order chi connectivity index (χ1) is 6.20. The lowest BCUT2D eigenvalue weighted by molar-refractivity contribution is 0.667. The van der Waals surface area contributed by atoms with Gasteiger partial charge in [-0.15, -0.1) is 0 Å². The molecule has 4 nitrogen and oxygen atoms in total. The molecule has 2 aromatic rings. The molecule has 0 spiro atoms. The number of aromatic nitrogens is 4. The third kappa shape index (κ3) is 1.47. The van der Waals surface area contributed by atoms with Gasteiger partial charge in [0, 0.05) is 6.54 Å². The Morgan fingerprint density at radius 1 is 1.38 bits per heavy atom. The quantitative estimate of drug-likeness (QED) is 0.543. The Labute approximate surface area is 84.5 Å². The summed E-state index contributed by atoms with van der Waals surface area (Å²) in [5.41, 5.74) is 1.26. The Bertz CT molecular complexity index is 451. The number of nitrogens with zero attached hydrogens (tertiary/aromatic N) is 4. The second-order valence-corrected chi connectivity index (χ2v) is 3.20. The van der Waals surface area contributed by atoms with Crippen LogP contribution >= 0.6 is 23.2 Å². The molecule has 6 heteroatoms. The Hall–Kier alpha value is -0.870. The Morgan fingerprint density at radius 3 is 2.85 bits per heavy atom. The van der Waals surface area contributed by atoms with Crippen molar-refractivity contribution in [2.45, 2.75) is 13.5 Å². The van der Waals surface area contributed by atoms with Crippen molar-refractivity contribution in [3.63, 3.8) is 0 Å². The summed E-state index contributed by atoms with van der Waals surface area (Å²) < 4.78 is 1.74. The zero-order valence-electron chi connectivity index (χ0n) is 6.83. The number of halogens is 2. The van der Waals surface area contributed by atoms with Gasteiger partial charge in [-0.3, -0.25) is 4.68 Å². The van der Waals surface area contributed by atoms with Gasteiger partial charge in [-0.05, 0) is 18.5 Å².